The van der Waals surface area contributed by atoms with Gasteiger partial charge in [-0.3, -0.25) is 9.59 Å². The summed E-state index contributed by atoms with van der Waals surface area (Å²) in [5, 5.41) is 11.3. The van der Waals surface area contributed by atoms with Crippen molar-refractivity contribution in [2.45, 2.75) is 32.1 Å². The number of carboxylic acid groups (broad SMARTS) is 1. The molecule has 0 aromatic heterocycles. The van der Waals surface area contributed by atoms with Crippen molar-refractivity contribution < 1.29 is 19.4 Å². The highest BCUT2D eigenvalue weighted by atomic mass is 16.5. The fourth-order valence-electron chi connectivity index (χ4n) is 1.82. The van der Waals surface area contributed by atoms with Crippen LogP contribution in [-0.4, -0.2) is 30.6 Å². The minimum atomic E-state index is -0.816. The Hall–Kier alpha value is -2.04. The summed E-state index contributed by atoms with van der Waals surface area (Å²) in [5.74, 6) is -0.0378. The molecule has 0 radical (unpaired) electrons. The van der Waals surface area contributed by atoms with Gasteiger partial charge in [0.2, 0.25) is 5.91 Å². The maximum atomic E-state index is 11.5. The Morgan fingerprint density at radius 1 is 1.25 bits per heavy atom. The molecule has 2 N–H and O–H groups in total. The van der Waals surface area contributed by atoms with Crippen LogP contribution in [0.15, 0.2) is 24.3 Å². The molecular formula is C15H21NO4. The van der Waals surface area contributed by atoms with Crippen molar-refractivity contribution in [2.24, 2.45) is 0 Å². The molecule has 110 valence electrons. The van der Waals surface area contributed by atoms with E-state index in [-0.39, 0.29) is 12.3 Å². The SMILES string of the molecule is COc1cccc(CCNC(=O)CCCCC(=O)O)c1. The summed E-state index contributed by atoms with van der Waals surface area (Å²) in [5.41, 5.74) is 1.11. The van der Waals surface area contributed by atoms with Gasteiger partial charge in [-0.2, -0.15) is 0 Å². The Labute approximate surface area is 118 Å². The molecule has 0 spiro atoms. The number of benzene rings is 1. The van der Waals surface area contributed by atoms with Crippen LogP contribution < -0.4 is 10.1 Å². The smallest absolute Gasteiger partial charge is 0.303 e. The number of hydrogen-bond acceptors (Lipinski definition) is 3. The van der Waals surface area contributed by atoms with Crippen LogP contribution >= 0.6 is 0 Å². The number of carboxylic acids is 1. The lowest BCUT2D eigenvalue weighted by molar-refractivity contribution is -0.137. The quantitative estimate of drug-likeness (QED) is 0.678. The Morgan fingerprint density at radius 3 is 2.70 bits per heavy atom. The largest absolute Gasteiger partial charge is 0.497 e. The van der Waals surface area contributed by atoms with E-state index in [2.05, 4.69) is 5.32 Å². The van der Waals surface area contributed by atoms with Crippen LogP contribution in [0, 0.1) is 0 Å². The van der Waals surface area contributed by atoms with Gasteiger partial charge >= 0.3 is 5.97 Å². The second kappa shape index (κ2) is 8.96. The first-order valence-corrected chi connectivity index (χ1v) is 6.73. The first kappa shape index (κ1) is 16.0. The predicted octanol–water partition coefficient (Wildman–Crippen LogP) is 2.00. The van der Waals surface area contributed by atoms with Crippen LogP contribution in [0.1, 0.15) is 31.2 Å². The molecule has 5 nitrogen and oxygen atoms in total. The number of nitrogens with one attached hydrogen (secondary N) is 1. The lowest BCUT2D eigenvalue weighted by atomic mass is 10.1. The number of hydrogen-bond donors (Lipinski definition) is 2. The number of amides is 1. The van der Waals surface area contributed by atoms with E-state index >= 15 is 0 Å². The summed E-state index contributed by atoms with van der Waals surface area (Å²) in [6.07, 6.45) is 2.40. The van der Waals surface area contributed by atoms with Gasteiger partial charge in [0.05, 0.1) is 7.11 Å². The fraction of sp³-hybridized carbons (Fsp3) is 0.467. The summed E-state index contributed by atoms with van der Waals surface area (Å²) in [4.78, 5) is 21.8. The number of carbonyl (C=O) groups excluding carboxylic acids is 1. The molecule has 0 saturated carbocycles. The zero-order valence-corrected chi connectivity index (χ0v) is 11.7. The number of carbonyl (C=O) groups is 2. The van der Waals surface area contributed by atoms with E-state index in [4.69, 9.17) is 9.84 Å². The summed E-state index contributed by atoms with van der Waals surface area (Å²) in [6.45, 7) is 0.574. The third kappa shape index (κ3) is 6.78. The Morgan fingerprint density at radius 2 is 2.00 bits per heavy atom. The van der Waals surface area contributed by atoms with Crippen LogP contribution in [-0.2, 0) is 16.0 Å². The third-order valence-corrected chi connectivity index (χ3v) is 2.91. The van der Waals surface area contributed by atoms with E-state index in [1.165, 1.54) is 0 Å². The van der Waals surface area contributed by atoms with E-state index < -0.39 is 5.97 Å². The Bertz CT molecular complexity index is 445. The average molecular weight is 279 g/mol. The zero-order valence-electron chi connectivity index (χ0n) is 11.7. The minimum absolute atomic E-state index is 0.0294. The standard InChI is InChI=1S/C15H21NO4/c1-20-13-6-4-5-12(11-13)9-10-16-14(17)7-2-3-8-15(18)19/h4-6,11H,2-3,7-10H2,1H3,(H,16,17)(H,18,19). The molecular weight excluding hydrogens is 258 g/mol. The van der Waals surface area contributed by atoms with Crippen LogP contribution in [0.2, 0.25) is 0 Å². The van der Waals surface area contributed by atoms with Gasteiger partial charge in [0.15, 0.2) is 0 Å². The van der Waals surface area contributed by atoms with Gasteiger partial charge in [-0.25, -0.2) is 0 Å². The van der Waals surface area contributed by atoms with E-state index in [0.717, 1.165) is 17.7 Å². The number of ether oxygens (including phenoxy) is 1. The monoisotopic (exact) mass is 279 g/mol. The molecule has 0 bridgehead atoms. The van der Waals surface area contributed by atoms with Gasteiger partial charge in [-0.15, -0.1) is 0 Å². The van der Waals surface area contributed by atoms with Gasteiger partial charge in [0.25, 0.3) is 0 Å². The molecule has 0 aliphatic carbocycles. The molecule has 1 amide bonds. The van der Waals surface area contributed by atoms with Gasteiger partial charge in [-0.05, 0) is 37.0 Å². The van der Waals surface area contributed by atoms with Crippen molar-refractivity contribution in [1.29, 1.82) is 0 Å². The van der Waals surface area contributed by atoms with E-state index in [1.807, 2.05) is 24.3 Å². The van der Waals surface area contributed by atoms with Crippen LogP contribution in [0.25, 0.3) is 0 Å². The number of rotatable bonds is 9. The summed E-state index contributed by atoms with van der Waals surface area (Å²) in [7, 11) is 1.62. The molecule has 0 unspecified atom stereocenters. The van der Waals surface area contributed by atoms with Crippen molar-refractivity contribution >= 4 is 11.9 Å². The fourth-order valence-corrected chi connectivity index (χ4v) is 1.82. The predicted molar refractivity (Wildman–Crippen MR) is 75.8 cm³/mol. The van der Waals surface area contributed by atoms with Crippen molar-refractivity contribution in [3.8, 4) is 5.75 Å². The maximum absolute atomic E-state index is 11.5. The molecule has 1 aromatic carbocycles. The van der Waals surface area contributed by atoms with E-state index in [1.54, 1.807) is 7.11 Å². The zero-order chi connectivity index (χ0) is 14.8. The van der Waals surface area contributed by atoms with Crippen LogP contribution in [0.4, 0.5) is 0 Å². The normalized spacial score (nSPS) is 10.1. The second-order valence-corrected chi connectivity index (χ2v) is 4.55. The molecule has 0 fully saturated rings. The van der Waals surface area contributed by atoms with Gasteiger partial charge < -0.3 is 15.2 Å². The molecule has 5 heteroatoms. The summed E-state index contributed by atoms with van der Waals surface area (Å²) < 4.78 is 5.13. The third-order valence-electron chi connectivity index (χ3n) is 2.91. The molecule has 0 saturated heterocycles. The molecule has 0 aliphatic rings. The average Bonchev–Trinajstić information content (AvgIpc) is 2.43. The van der Waals surface area contributed by atoms with Crippen LogP contribution in [0.3, 0.4) is 0 Å². The highest BCUT2D eigenvalue weighted by Crippen LogP contribution is 2.12. The first-order valence-electron chi connectivity index (χ1n) is 6.73. The molecule has 0 heterocycles. The highest BCUT2D eigenvalue weighted by molar-refractivity contribution is 5.75. The summed E-state index contributed by atoms with van der Waals surface area (Å²) >= 11 is 0. The molecule has 1 rings (SSSR count). The Balaban J connectivity index is 2.16. The molecule has 0 aliphatic heterocycles. The summed E-state index contributed by atoms with van der Waals surface area (Å²) in [6, 6.07) is 7.73. The second-order valence-electron chi connectivity index (χ2n) is 4.55. The molecule has 20 heavy (non-hydrogen) atoms. The lowest BCUT2D eigenvalue weighted by Gasteiger charge is -2.06. The lowest BCUT2D eigenvalue weighted by Crippen LogP contribution is -2.25. The Kier molecular flexibility index (Phi) is 7.17. The van der Waals surface area contributed by atoms with Crippen molar-refractivity contribution in [2.75, 3.05) is 13.7 Å². The van der Waals surface area contributed by atoms with Gasteiger partial charge in [-0.1, -0.05) is 12.1 Å². The van der Waals surface area contributed by atoms with E-state index in [0.29, 0.717) is 25.8 Å². The first-order chi connectivity index (χ1) is 9.61. The topological polar surface area (TPSA) is 75.6 Å². The maximum Gasteiger partial charge on any atom is 0.303 e. The van der Waals surface area contributed by atoms with Crippen molar-refractivity contribution in [3.05, 3.63) is 29.8 Å². The van der Waals surface area contributed by atoms with Crippen molar-refractivity contribution in [3.63, 3.8) is 0 Å². The van der Waals surface area contributed by atoms with Crippen molar-refractivity contribution in [1.82, 2.24) is 5.32 Å². The number of aliphatic carboxylic acids is 1. The van der Waals surface area contributed by atoms with E-state index in [9.17, 15) is 9.59 Å². The van der Waals surface area contributed by atoms with Gasteiger partial charge in [0.1, 0.15) is 5.75 Å². The number of methoxy groups -OCH3 is 1. The molecule has 0 atom stereocenters. The molecule has 1 aromatic rings. The minimum Gasteiger partial charge on any atom is -0.497 e. The van der Waals surface area contributed by atoms with Crippen LogP contribution in [0.5, 0.6) is 5.75 Å². The van der Waals surface area contributed by atoms with Gasteiger partial charge in [0, 0.05) is 19.4 Å². The highest BCUT2D eigenvalue weighted by Gasteiger charge is 2.03. The number of unbranched alkanes of at least 4 members (excludes halogenated alkanes) is 1.